The highest BCUT2D eigenvalue weighted by Gasteiger charge is 2.44. The zero-order valence-electron chi connectivity index (χ0n) is 17.3. The molecule has 1 aliphatic rings. The van der Waals surface area contributed by atoms with Gasteiger partial charge >= 0.3 is 0 Å². The summed E-state index contributed by atoms with van der Waals surface area (Å²) in [6, 6.07) is 10.2. The highest BCUT2D eigenvalue weighted by Crippen LogP contribution is 2.35. The summed E-state index contributed by atoms with van der Waals surface area (Å²) in [5.74, 6) is 0.781. The van der Waals surface area contributed by atoms with Crippen molar-refractivity contribution in [3.8, 4) is 0 Å². The molecule has 0 aliphatic carbocycles. The Balaban J connectivity index is 1.61. The predicted molar refractivity (Wildman–Crippen MR) is 116 cm³/mol. The number of nitrogens with two attached hydrogens (primary N) is 1. The molecular weight excluding hydrogens is 384 g/mol. The number of hydrogen-bond acceptors (Lipinski definition) is 7. The Kier molecular flexibility index (Phi) is 7.33. The molecule has 0 amide bonds. The summed E-state index contributed by atoms with van der Waals surface area (Å²) >= 11 is 0. The monoisotopic (exact) mass is 414 g/mol. The molecule has 0 saturated carbocycles. The van der Waals surface area contributed by atoms with Crippen LogP contribution in [0, 0.1) is 5.92 Å². The summed E-state index contributed by atoms with van der Waals surface area (Å²) in [6.07, 6.45) is -1.44. The summed E-state index contributed by atoms with van der Waals surface area (Å²) in [4.78, 5) is 12.1. The number of benzene rings is 1. The van der Waals surface area contributed by atoms with Crippen LogP contribution >= 0.6 is 0 Å². The van der Waals surface area contributed by atoms with Gasteiger partial charge < -0.3 is 26.0 Å². The second-order valence-electron chi connectivity index (χ2n) is 7.59. The van der Waals surface area contributed by atoms with Crippen LogP contribution in [0.5, 0.6) is 0 Å². The van der Waals surface area contributed by atoms with Crippen LogP contribution in [0.1, 0.15) is 30.8 Å². The molecule has 3 unspecified atom stereocenters. The van der Waals surface area contributed by atoms with Gasteiger partial charge in [0.15, 0.2) is 12.0 Å². The SMILES string of the molecule is C=Nc1c(C(N)=NC)ncn1[C@@H]1O[C@H](CC(C)CNCc2ccccc2)C(O)C1O. The number of nitrogens with one attached hydrogen (secondary N) is 1. The minimum Gasteiger partial charge on any atom is -0.388 e. The van der Waals surface area contributed by atoms with Crippen LogP contribution in [-0.4, -0.2) is 64.2 Å². The molecule has 2 heterocycles. The van der Waals surface area contributed by atoms with Gasteiger partial charge in [0, 0.05) is 13.6 Å². The average molecular weight is 415 g/mol. The summed E-state index contributed by atoms with van der Waals surface area (Å²) < 4.78 is 7.54. The molecule has 1 saturated heterocycles. The van der Waals surface area contributed by atoms with Crippen LogP contribution in [0.4, 0.5) is 5.82 Å². The highest BCUT2D eigenvalue weighted by atomic mass is 16.6. The maximum atomic E-state index is 10.6. The zero-order chi connectivity index (χ0) is 21.7. The van der Waals surface area contributed by atoms with E-state index in [1.54, 1.807) is 7.05 Å². The molecule has 0 spiro atoms. The zero-order valence-corrected chi connectivity index (χ0v) is 17.3. The number of nitrogens with zero attached hydrogens (tertiary/aromatic N) is 4. The molecule has 1 aromatic carbocycles. The summed E-state index contributed by atoms with van der Waals surface area (Å²) in [7, 11) is 1.55. The number of aliphatic hydroxyl groups is 2. The third-order valence-corrected chi connectivity index (χ3v) is 5.31. The van der Waals surface area contributed by atoms with E-state index in [4.69, 9.17) is 10.5 Å². The van der Waals surface area contributed by atoms with Crippen molar-refractivity contribution in [3.63, 3.8) is 0 Å². The van der Waals surface area contributed by atoms with Gasteiger partial charge in [-0.1, -0.05) is 37.3 Å². The van der Waals surface area contributed by atoms with Crippen LogP contribution in [0.2, 0.25) is 0 Å². The van der Waals surface area contributed by atoms with Crippen LogP contribution in [0.25, 0.3) is 0 Å². The van der Waals surface area contributed by atoms with Crippen molar-refractivity contribution in [3.05, 3.63) is 47.9 Å². The van der Waals surface area contributed by atoms with Crippen molar-refractivity contribution < 1.29 is 14.9 Å². The first-order valence-corrected chi connectivity index (χ1v) is 9.98. The van der Waals surface area contributed by atoms with Crippen molar-refractivity contribution in [2.75, 3.05) is 13.6 Å². The molecule has 1 aromatic heterocycles. The van der Waals surface area contributed by atoms with Crippen molar-refractivity contribution in [1.29, 1.82) is 0 Å². The second kappa shape index (κ2) is 9.94. The predicted octanol–water partition coefficient (Wildman–Crippen LogP) is 0.985. The lowest BCUT2D eigenvalue weighted by atomic mass is 9.99. The first-order chi connectivity index (χ1) is 14.5. The van der Waals surface area contributed by atoms with Gasteiger partial charge in [0.2, 0.25) is 0 Å². The Morgan fingerprint density at radius 3 is 2.73 bits per heavy atom. The molecule has 9 nitrogen and oxygen atoms in total. The maximum Gasteiger partial charge on any atom is 0.165 e. The fourth-order valence-corrected chi connectivity index (χ4v) is 3.68. The number of hydrogen-bond donors (Lipinski definition) is 4. The highest BCUT2D eigenvalue weighted by molar-refractivity contribution is 5.99. The van der Waals surface area contributed by atoms with E-state index in [1.807, 2.05) is 18.2 Å². The topological polar surface area (TPSA) is 130 Å². The molecule has 9 heteroatoms. The maximum absolute atomic E-state index is 10.6. The molecule has 162 valence electrons. The number of rotatable bonds is 9. The molecule has 1 fully saturated rings. The quantitative estimate of drug-likeness (QED) is 0.358. The van der Waals surface area contributed by atoms with E-state index in [9.17, 15) is 10.2 Å². The Bertz CT molecular complexity index is 869. The molecule has 0 radical (unpaired) electrons. The molecule has 3 rings (SSSR count). The number of aliphatic hydroxyl groups excluding tert-OH is 2. The molecule has 2 aromatic rings. The van der Waals surface area contributed by atoms with Crippen molar-refractivity contribution >= 4 is 18.4 Å². The van der Waals surface area contributed by atoms with Gasteiger partial charge in [-0.3, -0.25) is 9.56 Å². The lowest BCUT2D eigenvalue weighted by molar-refractivity contribution is -0.0416. The van der Waals surface area contributed by atoms with Gasteiger partial charge in [-0.25, -0.2) is 9.98 Å². The molecule has 30 heavy (non-hydrogen) atoms. The van der Waals surface area contributed by atoms with Crippen molar-refractivity contribution in [2.24, 2.45) is 21.6 Å². The fraction of sp³-hybridized carbons (Fsp3) is 0.476. The molecule has 0 bridgehead atoms. The Labute approximate surface area is 176 Å². The van der Waals surface area contributed by atoms with E-state index in [-0.39, 0.29) is 11.8 Å². The van der Waals surface area contributed by atoms with E-state index in [1.165, 1.54) is 16.5 Å². The van der Waals surface area contributed by atoms with Crippen molar-refractivity contribution in [1.82, 2.24) is 14.9 Å². The third kappa shape index (κ3) is 4.76. The fourth-order valence-electron chi connectivity index (χ4n) is 3.68. The van der Waals surface area contributed by atoms with E-state index >= 15 is 0 Å². The minimum atomic E-state index is -1.12. The molecule has 5 N–H and O–H groups in total. The van der Waals surface area contributed by atoms with E-state index < -0.39 is 24.5 Å². The number of amidine groups is 1. The lowest BCUT2D eigenvalue weighted by Gasteiger charge is -2.20. The average Bonchev–Trinajstić information content (AvgIpc) is 3.30. The van der Waals surface area contributed by atoms with E-state index in [2.05, 4.69) is 46.1 Å². The lowest BCUT2D eigenvalue weighted by Crippen LogP contribution is -2.33. The van der Waals surface area contributed by atoms with Gasteiger partial charge in [-0.05, 0) is 31.2 Å². The van der Waals surface area contributed by atoms with Crippen molar-refractivity contribution in [2.45, 2.75) is 44.4 Å². The molecule has 1 aliphatic heterocycles. The Morgan fingerprint density at radius 2 is 2.07 bits per heavy atom. The summed E-state index contributed by atoms with van der Waals surface area (Å²) in [5.41, 5.74) is 7.43. The van der Waals surface area contributed by atoms with Crippen LogP contribution in [0.3, 0.4) is 0 Å². The van der Waals surface area contributed by atoms with Gasteiger partial charge in [-0.15, -0.1) is 0 Å². The number of imidazole rings is 1. The van der Waals surface area contributed by atoms with Crippen LogP contribution < -0.4 is 11.1 Å². The first-order valence-electron chi connectivity index (χ1n) is 9.98. The molecular formula is C21H30N6O3. The number of ether oxygens (including phenoxy) is 1. The van der Waals surface area contributed by atoms with Crippen LogP contribution in [-0.2, 0) is 11.3 Å². The number of aromatic nitrogens is 2. The largest absolute Gasteiger partial charge is 0.388 e. The van der Waals surface area contributed by atoms with E-state index in [0.29, 0.717) is 17.9 Å². The Morgan fingerprint density at radius 1 is 1.33 bits per heavy atom. The summed E-state index contributed by atoms with van der Waals surface area (Å²) in [5, 5.41) is 24.5. The standard InChI is InChI=1S/C21H30N6O3/c1-13(10-25-11-14-7-5-4-6-8-14)9-15-17(28)18(29)21(30-15)27-12-26-16(19(22)23-2)20(27)24-3/h4-8,12-13,15,17-18,21,25,28-29H,3,9-11H2,1-2H3,(H2,22,23)/t13?,15-,17?,18?,21-/m1/s1. The third-order valence-electron chi connectivity index (χ3n) is 5.31. The minimum absolute atomic E-state index is 0.207. The summed E-state index contributed by atoms with van der Waals surface area (Å²) in [6.45, 7) is 7.17. The van der Waals surface area contributed by atoms with Gasteiger partial charge in [-0.2, -0.15) is 0 Å². The Hall–Kier alpha value is -2.59. The van der Waals surface area contributed by atoms with E-state index in [0.717, 1.165) is 13.1 Å². The number of aliphatic imine (C=N–C) groups is 2. The van der Waals surface area contributed by atoms with Gasteiger partial charge in [0.1, 0.15) is 23.7 Å². The smallest absolute Gasteiger partial charge is 0.165 e. The first kappa shape index (κ1) is 22.1. The van der Waals surface area contributed by atoms with Gasteiger partial charge in [0.25, 0.3) is 0 Å². The van der Waals surface area contributed by atoms with Gasteiger partial charge in [0.05, 0.1) is 12.4 Å². The molecule has 5 atom stereocenters. The van der Waals surface area contributed by atoms with Crippen LogP contribution in [0.15, 0.2) is 46.6 Å². The normalized spacial score (nSPS) is 25.4. The second-order valence-corrected chi connectivity index (χ2v) is 7.59.